The molecule has 0 aliphatic rings. The molecule has 154 valence electrons. The summed E-state index contributed by atoms with van der Waals surface area (Å²) >= 11 is 2.06. The highest BCUT2D eigenvalue weighted by molar-refractivity contribution is 7.19. The summed E-state index contributed by atoms with van der Waals surface area (Å²) in [6.07, 6.45) is 0.771. The standard InChI is InChI=1S/C18H19FN4O4S2/c1-9-3-2-4-11(19)13(9)17-23-14(15(20)28-17)16(26)22-12-7-21-29-18(12)27-6-5-10(25)8-24/h2-4,7,10,24-25H,5-6,8,20H2,1H3,(H,22,26). The van der Waals surface area contributed by atoms with Gasteiger partial charge in [-0.15, -0.1) is 0 Å². The van der Waals surface area contributed by atoms with Crippen LogP contribution in [0.3, 0.4) is 0 Å². The normalized spacial score (nSPS) is 12.0. The summed E-state index contributed by atoms with van der Waals surface area (Å²) in [7, 11) is 0. The van der Waals surface area contributed by atoms with Gasteiger partial charge >= 0.3 is 0 Å². The largest absolute Gasteiger partial charge is 0.481 e. The van der Waals surface area contributed by atoms with Crippen LogP contribution in [-0.2, 0) is 0 Å². The fourth-order valence-corrected chi connectivity index (χ4v) is 4.01. The van der Waals surface area contributed by atoms with E-state index in [1.807, 2.05) is 0 Å². The van der Waals surface area contributed by atoms with Gasteiger partial charge < -0.3 is 26.0 Å². The predicted molar refractivity (Wildman–Crippen MR) is 110 cm³/mol. The molecule has 8 nitrogen and oxygen atoms in total. The van der Waals surface area contributed by atoms with E-state index in [0.29, 0.717) is 26.9 Å². The van der Waals surface area contributed by atoms with Crippen LogP contribution in [0.25, 0.3) is 10.6 Å². The zero-order valence-electron chi connectivity index (χ0n) is 15.4. The zero-order valence-corrected chi connectivity index (χ0v) is 17.0. The Kier molecular flexibility index (Phi) is 6.75. The number of carbonyl (C=O) groups is 1. The molecule has 1 atom stereocenters. The number of anilines is 2. The van der Waals surface area contributed by atoms with Crippen molar-refractivity contribution in [2.75, 3.05) is 24.3 Å². The van der Waals surface area contributed by atoms with Crippen molar-refractivity contribution in [2.45, 2.75) is 19.4 Å². The van der Waals surface area contributed by atoms with Crippen LogP contribution in [0, 0.1) is 12.7 Å². The van der Waals surface area contributed by atoms with Crippen LogP contribution < -0.4 is 15.8 Å². The van der Waals surface area contributed by atoms with Gasteiger partial charge in [0.1, 0.15) is 21.5 Å². The number of ether oxygens (including phenoxy) is 1. The number of amides is 1. The molecule has 1 amide bonds. The fraction of sp³-hybridized carbons (Fsp3) is 0.278. The van der Waals surface area contributed by atoms with Crippen molar-refractivity contribution < 1.29 is 24.1 Å². The van der Waals surface area contributed by atoms with Crippen molar-refractivity contribution >= 4 is 39.5 Å². The predicted octanol–water partition coefficient (Wildman–Crippen LogP) is 2.67. The van der Waals surface area contributed by atoms with Crippen LogP contribution >= 0.6 is 22.9 Å². The smallest absolute Gasteiger partial charge is 0.277 e. The second-order valence-electron chi connectivity index (χ2n) is 6.12. The third-order valence-electron chi connectivity index (χ3n) is 3.98. The van der Waals surface area contributed by atoms with Crippen molar-refractivity contribution in [2.24, 2.45) is 0 Å². The Labute approximate surface area is 174 Å². The molecule has 0 aliphatic heterocycles. The first-order chi connectivity index (χ1) is 13.9. The minimum atomic E-state index is -0.879. The average molecular weight is 439 g/mol. The van der Waals surface area contributed by atoms with E-state index < -0.39 is 17.8 Å². The highest BCUT2D eigenvalue weighted by atomic mass is 32.1. The number of hydrogen-bond acceptors (Lipinski definition) is 9. The van der Waals surface area contributed by atoms with E-state index in [-0.39, 0.29) is 30.3 Å². The summed E-state index contributed by atoms with van der Waals surface area (Å²) in [6.45, 7) is 1.54. The second kappa shape index (κ2) is 9.27. The van der Waals surface area contributed by atoms with Crippen molar-refractivity contribution in [3.8, 4) is 15.6 Å². The number of rotatable bonds is 8. The lowest BCUT2D eigenvalue weighted by Gasteiger charge is -2.09. The first kappa shape index (κ1) is 21.1. The number of nitrogens with one attached hydrogen (secondary N) is 1. The number of benzene rings is 1. The van der Waals surface area contributed by atoms with Crippen LogP contribution in [0.4, 0.5) is 15.1 Å². The molecular formula is C18H19FN4O4S2. The highest BCUT2D eigenvalue weighted by Crippen LogP contribution is 2.35. The number of thiazole rings is 1. The highest BCUT2D eigenvalue weighted by Gasteiger charge is 2.21. The molecule has 0 saturated carbocycles. The number of nitrogen functional groups attached to an aromatic ring is 1. The molecule has 1 aromatic carbocycles. The molecule has 2 heterocycles. The number of aromatic nitrogens is 2. The Morgan fingerprint density at radius 1 is 1.45 bits per heavy atom. The van der Waals surface area contributed by atoms with Crippen LogP contribution in [0.2, 0.25) is 0 Å². The lowest BCUT2D eigenvalue weighted by atomic mass is 10.1. The lowest BCUT2D eigenvalue weighted by Crippen LogP contribution is -2.17. The molecule has 0 fully saturated rings. The van der Waals surface area contributed by atoms with Gasteiger partial charge in [-0.3, -0.25) is 4.79 Å². The van der Waals surface area contributed by atoms with Gasteiger partial charge in [-0.2, -0.15) is 4.37 Å². The van der Waals surface area contributed by atoms with Gasteiger partial charge in [0.05, 0.1) is 25.5 Å². The maximum atomic E-state index is 14.2. The van der Waals surface area contributed by atoms with Crippen LogP contribution in [0.5, 0.6) is 5.06 Å². The number of hydrogen-bond donors (Lipinski definition) is 4. The molecule has 3 rings (SSSR count). The van der Waals surface area contributed by atoms with Gasteiger partial charge in [-0.1, -0.05) is 23.5 Å². The summed E-state index contributed by atoms with van der Waals surface area (Å²) < 4.78 is 23.7. The summed E-state index contributed by atoms with van der Waals surface area (Å²) in [5, 5.41) is 21.6. The Bertz CT molecular complexity index is 987. The third-order valence-corrected chi connectivity index (χ3v) is 5.60. The van der Waals surface area contributed by atoms with Crippen molar-refractivity contribution in [3.63, 3.8) is 0 Å². The quantitative estimate of drug-likeness (QED) is 0.425. The number of halogens is 1. The Morgan fingerprint density at radius 2 is 2.24 bits per heavy atom. The van der Waals surface area contributed by atoms with E-state index >= 15 is 0 Å². The molecule has 0 aliphatic carbocycles. The molecular weight excluding hydrogens is 419 g/mol. The van der Waals surface area contributed by atoms with Crippen molar-refractivity contribution in [1.29, 1.82) is 0 Å². The maximum absolute atomic E-state index is 14.2. The molecule has 0 bridgehead atoms. The van der Waals surface area contributed by atoms with Crippen molar-refractivity contribution in [3.05, 3.63) is 41.5 Å². The number of nitrogens with two attached hydrogens (primary N) is 1. The SMILES string of the molecule is Cc1cccc(F)c1-c1nc(C(=O)Nc2cnsc2OCCC(O)CO)c(N)s1. The van der Waals surface area contributed by atoms with E-state index in [2.05, 4.69) is 14.7 Å². The van der Waals surface area contributed by atoms with E-state index in [1.54, 1.807) is 19.1 Å². The molecule has 0 saturated heterocycles. The average Bonchev–Trinajstić information content (AvgIpc) is 3.28. The number of nitrogens with zero attached hydrogens (tertiary/aromatic N) is 2. The Hall–Kier alpha value is -2.60. The molecule has 0 radical (unpaired) electrons. The summed E-state index contributed by atoms with van der Waals surface area (Å²) in [4.78, 5) is 16.9. The van der Waals surface area contributed by atoms with Crippen molar-refractivity contribution in [1.82, 2.24) is 9.36 Å². The molecule has 2 aromatic heterocycles. The fourth-order valence-electron chi connectivity index (χ4n) is 2.48. The molecule has 5 N–H and O–H groups in total. The second-order valence-corrected chi connectivity index (χ2v) is 7.91. The van der Waals surface area contributed by atoms with Crippen LogP contribution in [0.15, 0.2) is 24.4 Å². The molecule has 29 heavy (non-hydrogen) atoms. The van der Waals surface area contributed by atoms with E-state index in [9.17, 15) is 14.3 Å². The summed E-state index contributed by atoms with van der Waals surface area (Å²) in [5.74, 6) is -1.01. The summed E-state index contributed by atoms with van der Waals surface area (Å²) in [5.41, 5.74) is 7.27. The van der Waals surface area contributed by atoms with E-state index in [1.165, 1.54) is 12.3 Å². The molecule has 0 spiro atoms. The summed E-state index contributed by atoms with van der Waals surface area (Å²) in [6, 6.07) is 4.68. The Balaban J connectivity index is 1.74. The van der Waals surface area contributed by atoms with Gasteiger partial charge in [-0.25, -0.2) is 9.37 Å². The zero-order chi connectivity index (χ0) is 21.0. The first-order valence-corrected chi connectivity index (χ1v) is 10.2. The van der Waals surface area contributed by atoms with E-state index in [4.69, 9.17) is 15.6 Å². The monoisotopic (exact) mass is 438 g/mol. The number of carbonyl (C=O) groups excluding carboxylic acids is 1. The number of aryl methyl sites for hydroxylation is 1. The van der Waals surface area contributed by atoms with Gasteiger partial charge in [0.2, 0.25) is 5.06 Å². The first-order valence-electron chi connectivity index (χ1n) is 8.60. The van der Waals surface area contributed by atoms with Gasteiger partial charge in [-0.05, 0) is 18.6 Å². The van der Waals surface area contributed by atoms with Gasteiger partial charge in [0.15, 0.2) is 5.69 Å². The maximum Gasteiger partial charge on any atom is 0.277 e. The minimum absolute atomic E-state index is 0.0134. The topological polar surface area (TPSA) is 131 Å². The number of aliphatic hydroxyl groups is 2. The molecule has 11 heteroatoms. The molecule has 3 aromatic rings. The van der Waals surface area contributed by atoms with Crippen LogP contribution in [-0.4, -0.2) is 44.8 Å². The number of aliphatic hydroxyl groups excluding tert-OH is 2. The lowest BCUT2D eigenvalue weighted by molar-refractivity contribution is 0.0759. The minimum Gasteiger partial charge on any atom is -0.481 e. The molecule has 1 unspecified atom stereocenters. The van der Waals surface area contributed by atoms with Gasteiger partial charge in [0, 0.05) is 23.5 Å². The third kappa shape index (κ3) is 4.88. The van der Waals surface area contributed by atoms with Gasteiger partial charge in [0.25, 0.3) is 5.91 Å². The Morgan fingerprint density at radius 3 is 2.97 bits per heavy atom. The van der Waals surface area contributed by atoms with E-state index in [0.717, 1.165) is 22.9 Å². The van der Waals surface area contributed by atoms with Crippen LogP contribution in [0.1, 0.15) is 22.5 Å².